The Morgan fingerprint density at radius 2 is 1.88 bits per heavy atom. The molecular weight excluding hydrogens is 220 g/mol. The zero-order valence-electron chi connectivity index (χ0n) is 9.15. The molecular formula is C12H16N2OS. The first-order valence-corrected chi connectivity index (χ1v) is 6.14. The molecule has 0 atom stereocenters. The number of hydrogen-bond acceptors (Lipinski definition) is 3. The number of amides is 1. The molecule has 1 saturated heterocycles. The number of piperazine rings is 1. The number of rotatable bonds is 2. The van der Waals surface area contributed by atoms with Crippen LogP contribution in [0.15, 0.2) is 24.3 Å². The first-order valence-electron chi connectivity index (χ1n) is 5.51. The van der Waals surface area contributed by atoms with Crippen LogP contribution in [0.4, 0.5) is 0 Å². The lowest BCUT2D eigenvalue weighted by Gasteiger charge is -2.27. The van der Waals surface area contributed by atoms with Gasteiger partial charge in [0.25, 0.3) is 5.91 Å². The Balaban J connectivity index is 2.07. The van der Waals surface area contributed by atoms with E-state index in [0.29, 0.717) is 5.75 Å². The van der Waals surface area contributed by atoms with E-state index in [9.17, 15) is 4.79 Å². The molecule has 0 aliphatic carbocycles. The molecule has 0 aromatic heterocycles. The van der Waals surface area contributed by atoms with Gasteiger partial charge >= 0.3 is 0 Å². The lowest BCUT2D eigenvalue weighted by molar-refractivity contribution is 0.0736. The second-order valence-electron chi connectivity index (χ2n) is 3.90. The van der Waals surface area contributed by atoms with Gasteiger partial charge in [-0.05, 0) is 17.7 Å². The van der Waals surface area contributed by atoms with Crippen LogP contribution < -0.4 is 5.32 Å². The smallest absolute Gasteiger partial charge is 0.253 e. The summed E-state index contributed by atoms with van der Waals surface area (Å²) in [6.45, 7) is 3.38. The van der Waals surface area contributed by atoms with Gasteiger partial charge in [-0.3, -0.25) is 4.79 Å². The molecule has 0 spiro atoms. The van der Waals surface area contributed by atoms with Gasteiger partial charge in [0.05, 0.1) is 0 Å². The average Bonchev–Trinajstić information content (AvgIpc) is 2.39. The highest BCUT2D eigenvalue weighted by molar-refractivity contribution is 7.79. The van der Waals surface area contributed by atoms with E-state index in [0.717, 1.165) is 37.3 Å². The van der Waals surface area contributed by atoms with Gasteiger partial charge in [-0.2, -0.15) is 12.6 Å². The first kappa shape index (κ1) is 11.5. The van der Waals surface area contributed by atoms with E-state index in [-0.39, 0.29) is 5.91 Å². The van der Waals surface area contributed by atoms with E-state index in [1.807, 2.05) is 29.2 Å². The molecule has 1 amide bonds. The Hall–Kier alpha value is -1.00. The summed E-state index contributed by atoms with van der Waals surface area (Å²) in [6, 6.07) is 7.69. The fraction of sp³-hybridized carbons (Fsp3) is 0.417. The van der Waals surface area contributed by atoms with Crippen LogP contribution in [0.5, 0.6) is 0 Å². The third kappa shape index (κ3) is 2.57. The second-order valence-corrected chi connectivity index (χ2v) is 4.21. The van der Waals surface area contributed by atoms with Crippen LogP contribution in [0, 0.1) is 0 Å². The van der Waals surface area contributed by atoms with Gasteiger partial charge in [-0.1, -0.05) is 12.1 Å². The van der Waals surface area contributed by atoms with E-state index in [1.54, 1.807) is 0 Å². The molecule has 0 radical (unpaired) electrons. The molecule has 4 heteroatoms. The number of carbonyl (C=O) groups excluding carboxylic acids is 1. The van der Waals surface area contributed by atoms with Crippen molar-refractivity contribution in [3.63, 3.8) is 0 Å². The van der Waals surface area contributed by atoms with Crippen LogP contribution in [0.25, 0.3) is 0 Å². The number of thiol groups is 1. The Bertz CT molecular complexity index is 358. The molecule has 3 nitrogen and oxygen atoms in total. The molecule has 1 fully saturated rings. The average molecular weight is 236 g/mol. The number of hydrogen-bond donors (Lipinski definition) is 2. The third-order valence-corrected chi connectivity index (χ3v) is 3.15. The van der Waals surface area contributed by atoms with Crippen molar-refractivity contribution in [1.29, 1.82) is 0 Å². The number of nitrogens with zero attached hydrogens (tertiary/aromatic N) is 1. The Kier molecular flexibility index (Phi) is 3.85. The number of benzene rings is 1. The van der Waals surface area contributed by atoms with Gasteiger partial charge in [0, 0.05) is 37.5 Å². The van der Waals surface area contributed by atoms with E-state index in [4.69, 9.17) is 0 Å². The Morgan fingerprint density at radius 3 is 2.44 bits per heavy atom. The molecule has 86 valence electrons. The second kappa shape index (κ2) is 5.37. The zero-order chi connectivity index (χ0) is 11.4. The molecule has 1 heterocycles. The maximum absolute atomic E-state index is 12.1. The predicted octanol–water partition coefficient (Wildman–Crippen LogP) is 1.16. The molecule has 16 heavy (non-hydrogen) atoms. The van der Waals surface area contributed by atoms with Crippen LogP contribution in [0.3, 0.4) is 0 Å². The molecule has 0 saturated carbocycles. The molecule has 1 aliphatic heterocycles. The molecule has 1 aromatic carbocycles. The van der Waals surface area contributed by atoms with Gasteiger partial charge < -0.3 is 10.2 Å². The van der Waals surface area contributed by atoms with Gasteiger partial charge in [-0.25, -0.2) is 0 Å². The summed E-state index contributed by atoms with van der Waals surface area (Å²) in [5, 5.41) is 3.24. The van der Waals surface area contributed by atoms with Gasteiger partial charge in [0.15, 0.2) is 0 Å². The van der Waals surface area contributed by atoms with Crippen LogP contribution in [-0.4, -0.2) is 37.0 Å². The SMILES string of the molecule is O=C(c1ccc(CS)cc1)N1CCNCC1. The summed E-state index contributed by atoms with van der Waals surface area (Å²) in [4.78, 5) is 14.0. The lowest BCUT2D eigenvalue weighted by Crippen LogP contribution is -2.46. The Labute approximate surface area is 101 Å². The molecule has 0 bridgehead atoms. The van der Waals surface area contributed by atoms with Crippen LogP contribution in [-0.2, 0) is 5.75 Å². The summed E-state index contributed by atoms with van der Waals surface area (Å²) >= 11 is 4.19. The van der Waals surface area contributed by atoms with Gasteiger partial charge in [-0.15, -0.1) is 0 Å². The minimum Gasteiger partial charge on any atom is -0.336 e. The van der Waals surface area contributed by atoms with E-state index < -0.39 is 0 Å². The van der Waals surface area contributed by atoms with Crippen LogP contribution >= 0.6 is 12.6 Å². The largest absolute Gasteiger partial charge is 0.336 e. The highest BCUT2D eigenvalue weighted by Crippen LogP contribution is 2.09. The van der Waals surface area contributed by atoms with Crippen molar-refractivity contribution in [2.45, 2.75) is 5.75 Å². The topological polar surface area (TPSA) is 32.3 Å². The molecule has 1 aliphatic rings. The van der Waals surface area contributed by atoms with Gasteiger partial charge in [0.2, 0.25) is 0 Å². The predicted molar refractivity (Wildman–Crippen MR) is 67.9 cm³/mol. The van der Waals surface area contributed by atoms with Crippen molar-refractivity contribution in [1.82, 2.24) is 10.2 Å². The maximum atomic E-state index is 12.1. The van der Waals surface area contributed by atoms with Crippen molar-refractivity contribution < 1.29 is 4.79 Å². The minimum atomic E-state index is 0.132. The van der Waals surface area contributed by atoms with Crippen molar-refractivity contribution in [3.05, 3.63) is 35.4 Å². The molecule has 1 aromatic rings. The van der Waals surface area contributed by atoms with Crippen LogP contribution in [0.2, 0.25) is 0 Å². The molecule has 2 rings (SSSR count). The number of nitrogens with one attached hydrogen (secondary N) is 1. The van der Waals surface area contributed by atoms with Gasteiger partial charge in [0.1, 0.15) is 0 Å². The summed E-state index contributed by atoms with van der Waals surface area (Å²) in [5.74, 6) is 0.842. The zero-order valence-corrected chi connectivity index (χ0v) is 10.0. The Morgan fingerprint density at radius 1 is 1.25 bits per heavy atom. The van der Waals surface area contributed by atoms with E-state index in [1.165, 1.54) is 0 Å². The maximum Gasteiger partial charge on any atom is 0.253 e. The minimum absolute atomic E-state index is 0.132. The third-order valence-electron chi connectivity index (χ3n) is 2.79. The summed E-state index contributed by atoms with van der Waals surface area (Å²) in [6.07, 6.45) is 0. The summed E-state index contributed by atoms with van der Waals surface area (Å²) in [5.41, 5.74) is 1.91. The van der Waals surface area contributed by atoms with E-state index >= 15 is 0 Å². The number of carbonyl (C=O) groups is 1. The fourth-order valence-corrected chi connectivity index (χ4v) is 2.01. The van der Waals surface area contributed by atoms with E-state index in [2.05, 4.69) is 17.9 Å². The van der Waals surface area contributed by atoms with Crippen molar-refractivity contribution in [2.75, 3.05) is 26.2 Å². The standard InChI is InChI=1S/C12H16N2OS/c15-12(14-7-5-13-6-8-14)11-3-1-10(9-16)2-4-11/h1-4,13,16H,5-9H2. The highest BCUT2D eigenvalue weighted by Gasteiger charge is 2.17. The van der Waals surface area contributed by atoms with Crippen LogP contribution in [0.1, 0.15) is 15.9 Å². The normalized spacial score (nSPS) is 16.2. The van der Waals surface area contributed by atoms with Crippen molar-refractivity contribution in [3.8, 4) is 0 Å². The highest BCUT2D eigenvalue weighted by atomic mass is 32.1. The molecule has 0 unspecified atom stereocenters. The first-order chi connectivity index (χ1) is 7.81. The van der Waals surface area contributed by atoms with Crippen molar-refractivity contribution >= 4 is 18.5 Å². The summed E-state index contributed by atoms with van der Waals surface area (Å²) < 4.78 is 0. The lowest BCUT2D eigenvalue weighted by atomic mass is 10.1. The summed E-state index contributed by atoms with van der Waals surface area (Å²) in [7, 11) is 0. The van der Waals surface area contributed by atoms with Crippen molar-refractivity contribution in [2.24, 2.45) is 0 Å². The monoisotopic (exact) mass is 236 g/mol. The fourth-order valence-electron chi connectivity index (χ4n) is 1.80. The molecule has 1 N–H and O–H groups in total. The quantitative estimate of drug-likeness (QED) is 0.755.